The average Bonchev–Trinajstić information content (AvgIpc) is 2.93. The lowest BCUT2D eigenvalue weighted by atomic mass is 10.1. The first kappa shape index (κ1) is 30.5. The Morgan fingerprint density at radius 1 is 0.821 bits per heavy atom. The van der Waals surface area contributed by atoms with Crippen LogP contribution in [0, 0.1) is 0 Å². The number of pyridine rings is 2. The lowest BCUT2D eigenvalue weighted by Crippen LogP contribution is -2.39. The lowest BCUT2D eigenvalue weighted by Gasteiger charge is -2.29. The molecule has 214 valence electrons. The van der Waals surface area contributed by atoms with E-state index in [0.29, 0.717) is 96.8 Å². The predicted octanol–water partition coefficient (Wildman–Crippen LogP) is 0.715. The van der Waals surface area contributed by atoms with Crippen molar-refractivity contribution in [1.82, 2.24) is 19.8 Å². The molecule has 13 nitrogen and oxygen atoms in total. The summed E-state index contributed by atoms with van der Waals surface area (Å²) in [7, 11) is 0. The van der Waals surface area contributed by atoms with Gasteiger partial charge in [-0.15, -0.1) is 0 Å². The highest BCUT2D eigenvalue weighted by molar-refractivity contribution is 5.85. The molecule has 0 radical (unpaired) electrons. The van der Waals surface area contributed by atoms with E-state index in [1.807, 2.05) is 4.90 Å². The molecule has 0 saturated carbocycles. The molecule has 13 heteroatoms. The van der Waals surface area contributed by atoms with Crippen molar-refractivity contribution in [2.75, 3.05) is 79.0 Å². The van der Waals surface area contributed by atoms with E-state index in [2.05, 4.69) is 14.9 Å². The maximum absolute atomic E-state index is 11.3. The summed E-state index contributed by atoms with van der Waals surface area (Å²) in [6, 6.07) is 8.14. The molecule has 1 saturated heterocycles. The Labute approximate surface area is 227 Å². The van der Waals surface area contributed by atoms with Crippen LogP contribution in [0.25, 0.3) is 0 Å². The molecule has 0 amide bonds. The van der Waals surface area contributed by atoms with Gasteiger partial charge in [0.2, 0.25) is 0 Å². The number of hydrogen-bond acceptors (Lipinski definition) is 11. The minimum Gasteiger partial charge on any atom is -0.477 e. The average molecular weight is 548 g/mol. The van der Waals surface area contributed by atoms with Crippen molar-refractivity contribution in [3.8, 4) is 0 Å². The highest BCUT2D eigenvalue weighted by atomic mass is 16.5. The van der Waals surface area contributed by atoms with Crippen LogP contribution in [-0.2, 0) is 25.5 Å². The van der Waals surface area contributed by atoms with Crippen LogP contribution in [0.2, 0.25) is 0 Å². The van der Waals surface area contributed by atoms with E-state index in [1.165, 1.54) is 18.3 Å². The topological polar surface area (TPSA) is 170 Å². The Bertz CT molecular complexity index is 1020. The minimum absolute atomic E-state index is 0.0148. The van der Waals surface area contributed by atoms with Crippen LogP contribution in [-0.4, -0.2) is 121 Å². The molecule has 0 aliphatic carbocycles. The summed E-state index contributed by atoms with van der Waals surface area (Å²) >= 11 is 0. The van der Waals surface area contributed by atoms with Gasteiger partial charge in [-0.25, -0.2) is 19.6 Å². The van der Waals surface area contributed by atoms with Crippen LogP contribution >= 0.6 is 0 Å². The Balaban J connectivity index is 1.52. The van der Waals surface area contributed by atoms with E-state index in [4.69, 9.17) is 24.7 Å². The van der Waals surface area contributed by atoms with E-state index in [1.54, 1.807) is 18.2 Å². The number of rotatable bonds is 6. The number of carboxylic acid groups (broad SMARTS) is 2. The van der Waals surface area contributed by atoms with E-state index >= 15 is 0 Å². The highest BCUT2D eigenvalue weighted by Gasteiger charge is 2.18. The van der Waals surface area contributed by atoms with E-state index in [9.17, 15) is 19.8 Å². The number of carboxylic acids is 2. The zero-order valence-corrected chi connectivity index (χ0v) is 21.9. The maximum atomic E-state index is 11.3. The molecule has 3 rings (SSSR count). The second-order valence-electron chi connectivity index (χ2n) is 8.81. The second kappa shape index (κ2) is 16.8. The summed E-state index contributed by atoms with van der Waals surface area (Å²) in [5.74, 6) is -2.17. The first-order chi connectivity index (χ1) is 18.9. The molecule has 0 spiro atoms. The zero-order chi connectivity index (χ0) is 27.9. The smallest absolute Gasteiger partial charge is 0.354 e. The van der Waals surface area contributed by atoms with Gasteiger partial charge in [0.15, 0.2) is 0 Å². The third-order valence-electron chi connectivity index (χ3n) is 6.04. The predicted molar refractivity (Wildman–Crippen MR) is 139 cm³/mol. The van der Waals surface area contributed by atoms with Crippen LogP contribution in [0.5, 0.6) is 0 Å². The van der Waals surface area contributed by atoms with Gasteiger partial charge < -0.3 is 34.9 Å². The van der Waals surface area contributed by atoms with E-state index in [0.717, 1.165) is 0 Å². The standard InChI is InChI=1S/C26H37N5O8/c27-24(20-4-5-28-23(18-20)26(34)35)31-8-12-38-16-14-36-10-6-30(7-11-37-15-17-39-13-9-31)19-21-2-1-3-22(29-21)25(32)33/h1-5,18,24H,6-17,19,27H2,(H,32,33)(H,34,35). The van der Waals surface area contributed by atoms with Crippen LogP contribution in [0.15, 0.2) is 36.5 Å². The fourth-order valence-electron chi connectivity index (χ4n) is 3.93. The zero-order valence-electron chi connectivity index (χ0n) is 21.9. The largest absolute Gasteiger partial charge is 0.477 e. The van der Waals surface area contributed by atoms with Crippen LogP contribution in [0.3, 0.4) is 0 Å². The molecule has 1 aliphatic heterocycles. The summed E-state index contributed by atoms with van der Waals surface area (Å²) in [5.41, 5.74) is 7.72. The molecular weight excluding hydrogens is 510 g/mol. The monoisotopic (exact) mass is 547 g/mol. The van der Waals surface area contributed by atoms with Crippen LogP contribution < -0.4 is 5.73 Å². The molecular formula is C26H37N5O8. The summed E-state index contributed by atoms with van der Waals surface area (Å²) in [6.45, 7) is 6.14. The molecule has 1 aliphatic rings. The summed E-state index contributed by atoms with van der Waals surface area (Å²) in [4.78, 5) is 34.7. The van der Waals surface area contributed by atoms with Gasteiger partial charge in [0, 0.05) is 38.9 Å². The molecule has 1 atom stereocenters. The maximum Gasteiger partial charge on any atom is 0.354 e. The molecule has 39 heavy (non-hydrogen) atoms. The second-order valence-corrected chi connectivity index (χ2v) is 8.81. The number of nitrogens with zero attached hydrogens (tertiary/aromatic N) is 4. The van der Waals surface area contributed by atoms with Crippen molar-refractivity contribution in [2.45, 2.75) is 12.7 Å². The molecule has 0 bridgehead atoms. The molecule has 2 aromatic heterocycles. The van der Waals surface area contributed by atoms with Gasteiger partial charge in [0.1, 0.15) is 11.4 Å². The minimum atomic E-state index is -1.11. The Kier molecular flexibility index (Phi) is 13.2. The normalized spacial score (nSPS) is 19.0. The summed E-state index contributed by atoms with van der Waals surface area (Å²) in [6.07, 6.45) is 0.890. The molecule has 2 aromatic rings. The number of nitrogens with two attached hydrogens (primary N) is 1. The fourth-order valence-corrected chi connectivity index (χ4v) is 3.93. The molecule has 0 aromatic carbocycles. The quantitative estimate of drug-likeness (QED) is 0.463. The number of aromatic carboxylic acids is 2. The van der Waals surface area contributed by atoms with Gasteiger partial charge in [0.25, 0.3) is 0 Å². The summed E-state index contributed by atoms with van der Waals surface area (Å²) in [5, 5.41) is 18.4. The third-order valence-corrected chi connectivity index (χ3v) is 6.04. The Morgan fingerprint density at radius 3 is 1.95 bits per heavy atom. The number of aromatic nitrogens is 2. The van der Waals surface area contributed by atoms with Gasteiger partial charge in [-0.1, -0.05) is 6.07 Å². The van der Waals surface area contributed by atoms with Crippen molar-refractivity contribution in [1.29, 1.82) is 0 Å². The van der Waals surface area contributed by atoms with Crippen molar-refractivity contribution >= 4 is 11.9 Å². The third kappa shape index (κ3) is 10.9. The summed E-state index contributed by atoms with van der Waals surface area (Å²) < 4.78 is 23.0. The van der Waals surface area contributed by atoms with Gasteiger partial charge in [-0.3, -0.25) is 9.80 Å². The number of hydrogen-bond donors (Lipinski definition) is 3. The SMILES string of the molecule is NC(c1ccnc(C(=O)O)c1)N1CCOCCOCCN(Cc2cccc(C(=O)O)n2)CCOCCOCC1. The first-order valence-corrected chi connectivity index (χ1v) is 12.9. The van der Waals surface area contributed by atoms with Gasteiger partial charge >= 0.3 is 11.9 Å². The molecule has 3 heterocycles. The van der Waals surface area contributed by atoms with E-state index in [-0.39, 0.29) is 11.4 Å². The van der Waals surface area contributed by atoms with Crippen molar-refractivity contribution in [2.24, 2.45) is 5.73 Å². The lowest BCUT2D eigenvalue weighted by molar-refractivity contribution is 0.00164. The first-order valence-electron chi connectivity index (χ1n) is 12.9. The van der Waals surface area contributed by atoms with Crippen molar-refractivity contribution in [3.63, 3.8) is 0 Å². The van der Waals surface area contributed by atoms with Crippen LogP contribution in [0.1, 0.15) is 38.4 Å². The molecule has 1 fully saturated rings. The van der Waals surface area contributed by atoms with Gasteiger partial charge in [-0.05, 0) is 29.8 Å². The highest BCUT2D eigenvalue weighted by Crippen LogP contribution is 2.16. The Hall–Kier alpha value is -3.04. The van der Waals surface area contributed by atoms with Crippen molar-refractivity contribution < 1.29 is 38.7 Å². The van der Waals surface area contributed by atoms with Gasteiger partial charge in [-0.2, -0.15) is 0 Å². The molecule has 1 unspecified atom stereocenters. The number of carbonyl (C=O) groups is 2. The van der Waals surface area contributed by atoms with Crippen molar-refractivity contribution in [3.05, 3.63) is 59.2 Å². The Morgan fingerprint density at radius 2 is 1.38 bits per heavy atom. The van der Waals surface area contributed by atoms with E-state index < -0.39 is 18.1 Å². The molecule has 4 N–H and O–H groups in total. The van der Waals surface area contributed by atoms with Crippen LogP contribution in [0.4, 0.5) is 0 Å². The fraction of sp³-hybridized carbons (Fsp3) is 0.538. The number of ether oxygens (including phenoxy) is 4. The van der Waals surface area contributed by atoms with Gasteiger partial charge in [0.05, 0.1) is 64.7 Å².